The predicted octanol–water partition coefficient (Wildman–Crippen LogP) is 4.87. The lowest BCUT2D eigenvalue weighted by Crippen LogP contribution is -2.01. The molecule has 0 aliphatic carbocycles. The van der Waals surface area contributed by atoms with Gasteiger partial charge >= 0.3 is 0 Å². The van der Waals surface area contributed by atoms with E-state index in [0.29, 0.717) is 23.1 Å². The van der Waals surface area contributed by atoms with Gasteiger partial charge in [0.15, 0.2) is 0 Å². The summed E-state index contributed by atoms with van der Waals surface area (Å²) in [5.74, 6) is 1.28. The highest BCUT2D eigenvalue weighted by atomic mass is 35.5. The monoisotopic (exact) mass is 290 g/mol. The molecular weight excluding hydrogens is 276 g/mol. The van der Waals surface area contributed by atoms with Gasteiger partial charge in [-0.15, -0.1) is 0 Å². The molecule has 0 fully saturated rings. The number of rotatable bonds is 5. The maximum atomic E-state index is 6.23. The van der Waals surface area contributed by atoms with Crippen LogP contribution in [0.1, 0.15) is 0 Å². The van der Waals surface area contributed by atoms with E-state index in [9.17, 15) is 0 Å². The van der Waals surface area contributed by atoms with Gasteiger partial charge in [0.2, 0.25) is 0 Å². The fourth-order valence-electron chi connectivity index (χ4n) is 1.65. The van der Waals surface area contributed by atoms with Gasteiger partial charge in [0.05, 0.1) is 5.02 Å². The standard InChI is InChI=1S/C16H15ClOS/c1-12(11-19)10-18-16-8-7-14(9-15(16)17)13-5-3-2-4-6-13/h2-9,19H,1,10-11H2. The van der Waals surface area contributed by atoms with E-state index >= 15 is 0 Å². The largest absolute Gasteiger partial charge is 0.488 e. The second-order valence-corrected chi connectivity index (χ2v) is 4.93. The van der Waals surface area contributed by atoms with Crippen LogP contribution in [0.2, 0.25) is 5.02 Å². The zero-order chi connectivity index (χ0) is 13.7. The van der Waals surface area contributed by atoms with Crippen LogP contribution in [0.25, 0.3) is 11.1 Å². The first-order chi connectivity index (χ1) is 9.20. The smallest absolute Gasteiger partial charge is 0.138 e. The second-order valence-electron chi connectivity index (χ2n) is 4.21. The molecule has 0 aliphatic rings. The molecule has 98 valence electrons. The van der Waals surface area contributed by atoms with Crippen LogP contribution >= 0.6 is 24.2 Å². The van der Waals surface area contributed by atoms with Gasteiger partial charge in [-0.05, 0) is 28.8 Å². The van der Waals surface area contributed by atoms with E-state index in [1.807, 2.05) is 36.4 Å². The molecule has 0 heterocycles. The van der Waals surface area contributed by atoms with E-state index in [1.165, 1.54) is 0 Å². The Morgan fingerprint density at radius 2 is 1.84 bits per heavy atom. The first-order valence-electron chi connectivity index (χ1n) is 5.96. The van der Waals surface area contributed by atoms with Crippen molar-refractivity contribution in [2.75, 3.05) is 12.4 Å². The van der Waals surface area contributed by atoms with Crippen molar-refractivity contribution in [1.29, 1.82) is 0 Å². The molecule has 0 radical (unpaired) electrons. The lowest BCUT2D eigenvalue weighted by atomic mass is 10.1. The van der Waals surface area contributed by atoms with Gasteiger partial charge in [0, 0.05) is 5.75 Å². The SMILES string of the molecule is C=C(CS)COc1ccc(-c2ccccc2)cc1Cl. The third-order valence-electron chi connectivity index (χ3n) is 2.69. The topological polar surface area (TPSA) is 9.23 Å². The molecule has 0 saturated carbocycles. The molecule has 0 spiro atoms. The quantitative estimate of drug-likeness (QED) is 0.610. The summed E-state index contributed by atoms with van der Waals surface area (Å²) in [6, 6.07) is 15.9. The van der Waals surface area contributed by atoms with Gasteiger partial charge in [-0.1, -0.05) is 54.6 Å². The van der Waals surface area contributed by atoms with Crippen LogP contribution in [0.3, 0.4) is 0 Å². The first-order valence-corrected chi connectivity index (χ1v) is 6.97. The third kappa shape index (κ3) is 3.79. The van der Waals surface area contributed by atoms with E-state index in [-0.39, 0.29) is 0 Å². The lowest BCUT2D eigenvalue weighted by molar-refractivity contribution is 0.353. The highest BCUT2D eigenvalue weighted by Crippen LogP contribution is 2.30. The molecule has 0 aromatic heterocycles. The van der Waals surface area contributed by atoms with Gasteiger partial charge in [-0.25, -0.2) is 0 Å². The number of halogens is 1. The molecule has 19 heavy (non-hydrogen) atoms. The number of hydrogen-bond donors (Lipinski definition) is 1. The Morgan fingerprint density at radius 1 is 1.11 bits per heavy atom. The summed E-state index contributed by atoms with van der Waals surface area (Å²) in [4.78, 5) is 0. The van der Waals surface area contributed by atoms with Gasteiger partial charge in [-0.2, -0.15) is 12.6 Å². The Hall–Kier alpha value is -1.38. The van der Waals surface area contributed by atoms with E-state index < -0.39 is 0 Å². The molecule has 2 rings (SSSR count). The van der Waals surface area contributed by atoms with Crippen molar-refractivity contribution < 1.29 is 4.74 Å². The molecule has 1 nitrogen and oxygen atoms in total. The zero-order valence-electron chi connectivity index (χ0n) is 10.5. The van der Waals surface area contributed by atoms with Crippen LogP contribution in [0.5, 0.6) is 5.75 Å². The first kappa shape index (κ1) is 14.0. The molecule has 0 N–H and O–H groups in total. The van der Waals surface area contributed by atoms with Crippen molar-refractivity contribution in [2.24, 2.45) is 0 Å². The summed E-state index contributed by atoms with van der Waals surface area (Å²) in [7, 11) is 0. The molecule has 0 amide bonds. The van der Waals surface area contributed by atoms with Crippen LogP contribution in [-0.2, 0) is 0 Å². The number of hydrogen-bond acceptors (Lipinski definition) is 2. The van der Waals surface area contributed by atoms with Crippen LogP contribution in [-0.4, -0.2) is 12.4 Å². The summed E-state index contributed by atoms with van der Waals surface area (Å²) in [6.45, 7) is 4.28. The summed E-state index contributed by atoms with van der Waals surface area (Å²) in [5.41, 5.74) is 3.13. The van der Waals surface area contributed by atoms with Gasteiger partial charge < -0.3 is 4.74 Å². The van der Waals surface area contributed by atoms with Gasteiger partial charge in [0.25, 0.3) is 0 Å². The highest BCUT2D eigenvalue weighted by Gasteiger charge is 2.05. The van der Waals surface area contributed by atoms with Crippen molar-refractivity contribution in [3.63, 3.8) is 0 Å². The highest BCUT2D eigenvalue weighted by molar-refractivity contribution is 7.80. The van der Waals surface area contributed by atoms with E-state index in [2.05, 4.69) is 31.3 Å². The molecule has 3 heteroatoms. The van der Waals surface area contributed by atoms with Crippen LogP contribution in [0, 0.1) is 0 Å². The Labute approximate surface area is 124 Å². The molecule has 0 aliphatic heterocycles. The normalized spacial score (nSPS) is 10.2. The van der Waals surface area contributed by atoms with E-state index in [0.717, 1.165) is 16.7 Å². The van der Waals surface area contributed by atoms with Crippen molar-refractivity contribution in [2.45, 2.75) is 0 Å². The summed E-state index contributed by atoms with van der Waals surface area (Å²) in [5, 5.41) is 0.605. The van der Waals surface area contributed by atoms with Crippen molar-refractivity contribution in [3.8, 4) is 16.9 Å². The molecule has 0 bridgehead atoms. The van der Waals surface area contributed by atoms with Crippen LogP contribution in [0.15, 0.2) is 60.7 Å². The fraction of sp³-hybridized carbons (Fsp3) is 0.125. The second kappa shape index (κ2) is 6.69. The fourth-order valence-corrected chi connectivity index (χ4v) is 1.98. The Balaban J connectivity index is 2.16. The van der Waals surface area contributed by atoms with Gasteiger partial charge in [-0.3, -0.25) is 0 Å². The average molecular weight is 291 g/mol. The van der Waals surface area contributed by atoms with Crippen molar-refractivity contribution >= 4 is 24.2 Å². The number of benzene rings is 2. The number of ether oxygens (including phenoxy) is 1. The maximum Gasteiger partial charge on any atom is 0.138 e. The lowest BCUT2D eigenvalue weighted by Gasteiger charge is -2.10. The summed E-state index contributed by atoms with van der Waals surface area (Å²) >= 11 is 10.4. The molecule has 0 atom stereocenters. The zero-order valence-corrected chi connectivity index (χ0v) is 12.1. The summed E-state index contributed by atoms with van der Waals surface area (Å²) < 4.78 is 5.60. The molecule has 2 aromatic rings. The summed E-state index contributed by atoms with van der Waals surface area (Å²) in [6.07, 6.45) is 0. The minimum atomic E-state index is 0.438. The minimum absolute atomic E-state index is 0.438. The van der Waals surface area contributed by atoms with Crippen LogP contribution in [0.4, 0.5) is 0 Å². The maximum absolute atomic E-state index is 6.23. The molecular formula is C16H15ClOS. The third-order valence-corrected chi connectivity index (χ3v) is 3.44. The Kier molecular flexibility index (Phi) is 4.94. The Morgan fingerprint density at radius 3 is 2.47 bits per heavy atom. The molecule has 0 saturated heterocycles. The molecule has 2 aromatic carbocycles. The minimum Gasteiger partial charge on any atom is -0.488 e. The van der Waals surface area contributed by atoms with Gasteiger partial charge in [0.1, 0.15) is 12.4 Å². The van der Waals surface area contributed by atoms with E-state index in [1.54, 1.807) is 0 Å². The van der Waals surface area contributed by atoms with E-state index in [4.69, 9.17) is 16.3 Å². The molecule has 0 unspecified atom stereocenters. The number of thiol groups is 1. The average Bonchev–Trinajstić information content (AvgIpc) is 2.46. The van der Waals surface area contributed by atoms with Crippen molar-refractivity contribution in [3.05, 3.63) is 65.7 Å². The Bertz CT molecular complexity index is 566. The van der Waals surface area contributed by atoms with Crippen molar-refractivity contribution in [1.82, 2.24) is 0 Å². The predicted molar refractivity (Wildman–Crippen MR) is 85.4 cm³/mol. The van der Waals surface area contributed by atoms with Crippen LogP contribution < -0.4 is 4.74 Å².